The van der Waals surface area contributed by atoms with Crippen molar-refractivity contribution in [1.82, 2.24) is 0 Å². The molecule has 11 heteroatoms. The SMILES string of the molecule is CCC(C)O[C@@H](C(=O)O)[C@@H](O)[C@H](O)[C@H](O)CO.O=C(O)CC(=O)O. The van der Waals surface area contributed by atoms with Gasteiger partial charge in [0.2, 0.25) is 0 Å². The molecule has 0 aliphatic rings. The summed E-state index contributed by atoms with van der Waals surface area (Å²) in [5.74, 6) is -4.07. The second-order valence-electron chi connectivity index (χ2n) is 4.81. The van der Waals surface area contributed by atoms with Crippen molar-refractivity contribution in [3.63, 3.8) is 0 Å². The van der Waals surface area contributed by atoms with Crippen LogP contribution in [0, 0.1) is 0 Å². The molecule has 7 N–H and O–H groups in total. The zero-order valence-electron chi connectivity index (χ0n) is 13.3. The van der Waals surface area contributed by atoms with Crippen LogP contribution in [-0.4, -0.2) is 90.8 Å². The van der Waals surface area contributed by atoms with E-state index in [1.165, 1.54) is 0 Å². The van der Waals surface area contributed by atoms with Crippen molar-refractivity contribution in [3.05, 3.63) is 0 Å². The molecule has 0 aromatic heterocycles. The van der Waals surface area contributed by atoms with Crippen molar-refractivity contribution in [3.8, 4) is 0 Å². The van der Waals surface area contributed by atoms with Crippen LogP contribution in [0.1, 0.15) is 26.7 Å². The van der Waals surface area contributed by atoms with E-state index in [1.54, 1.807) is 13.8 Å². The molecule has 142 valence electrons. The Morgan fingerprint density at radius 2 is 1.42 bits per heavy atom. The molecule has 0 saturated carbocycles. The number of carboxylic acid groups (broad SMARTS) is 3. The normalized spacial score (nSPS) is 16.8. The molecule has 0 bridgehead atoms. The fourth-order valence-corrected chi connectivity index (χ4v) is 1.28. The Balaban J connectivity index is 0. The predicted molar refractivity (Wildman–Crippen MR) is 77.3 cm³/mol. The molecule has 0 fully saturated rings. The van der Waals surface area contributed by atoms with Crippen LogP contribution in [0.4, 0.5) is 0 Å². The van der Waals surface area contributed by atoms with E-state index in [2.05, 4.69) is 0 Å². The van der Waals surface area contributed by atoms with Gasteiger partial charge in [0.25, 0.3) is 0 Å². The van der Waals surface area contributed by atoms with Gasteiger partial charge >= 0.3 is 17.9 Å². The molecule has 0 saturated heterocycles. The number of rotatable bonds is 10. The third-order valence-electron chi connectivity index (χ3n) is 2.74. The van der Waals surface area contributed by atoms with Crippen molar-refractivity contribution >= 4 is 17.9 Å². The van der Waals surface area contributed by atoms with Gasteiger partial charge in [0.1, 0.15) is 24.7 Å². The third kappa shape index (κ3) is 10.9. The Labute approximate surface area is 137 Å². The van der Waals surface area contributed by atoms with Gasteiger partial charge in [-0.25, -0.2) is 4.79 Å². The molecule has 0 aromatic carbocycles. The number of aliphatic hydroxyl groups is 4. The van der Waals surface area contributed by atoms with Crippen LogP contribution in [0.5, 0.6) is 0 Å². The van der Waals surface area contributed by atoms with Crippen LogP contribution in [0.3, 0.4) is 0 Å². The van der Waals surface area contributed by atoms with Crippen LogP contribution in [0.2, 0.25) is 0 Å². The minimum absolute atomic E-state index is 0.413. The average molecular weight is 356 g/mol. The Morgan fingerprint density at radius 1 is 0.958 bits per heavy atom. The first-order valence-electron chi connectivity index (χ1n) is 6.94. The fourth-order valence-electron chi connectivity index (χ4n) is 1.28. The van der Waals surface area contributed by atoms with Crippen LogP contribution >= 0.6 is 0 Å². The number of aliphatic hydroxyl groups excluding tert-OH is 4. The summed E-state index contributed by atoms with van der Waals surface area (Å²) >= 11 is 0. The van der Waals surface area contributed by atoms with Gasteiger partial charge in [-0.1, -0.05) is 6.92 Å². The molecule has 0 aliphatic heterocycles. The molecule has 0 aliphatic carbocycles. The van der Waals surface area contributed by atoms with Gasteiger partial charge in [-0.05, 0) is 13.3 Å². The lowest BCUT2D eigenvalue weighted by Gasteiger charge is -2.28. The van der Waals surface area contributed by atoms with Gasteiger partial charge in [-0.3, -0.25) is 9.59 Å². The van der Waals surface area contributed by atoms with E-state index < -0.39 is 61.5 Å². The first kappa shape index (κ1) is 24.5. The monoisotopic (exact) mass is 356 g/mol. The zero-order valence-corrected chi connectivity index (χ0v) is 13.3. The van der Waals surface area contributed by atoms with Gasteiger partial charge in [0.15, 0.2) is 6.10 Å². The molecule has 0 radical (unpaired) electrons. The van der Waals surface area contributed by atoms with Gasteiger partial charge in [-0.15, -0.1) is 0 Å². The molecule has 0 amide bonds. The summed E-state index contributed by atoms with van der Waals surface area (Å²) < 4.78 is 5.04. The molecule has 1 unspecified atom stereocenters. The second-order valence-corrected chi connectivity index (χ2v) is 4.81. The van der Waals surface area contributed by atoms with Crippen LogP contribution in [0.25, 0.3) is 0 Å². The number of hydrogen-bond donors (Lipinski definition) is 7. The summed E-state index contributed by atoms with van der Waals surface area (Å²) in [5, 5.41) is 60.9. The second kappa shape index (κ2) is 12.6. The largest absolute Gasteiger partial charge is 0.481 e. The van der Waals surface area contributed by atoms with E-state index in [1.807, 2.05) is 0 Å². The van der Waals surface area contributed by atoms with Crippen LogP contribution in [-0.2, 0) is 19.1 Å². The number of carbonyl (C=O) groups is 3. The summed E-state index contributed by atoms with van der Waals surface area (Å²) in [7, 11) is 0. The lowest BCUT2D eigenvalue weighted by Crippen LogP contribution is -2.50. The predicted octanol–water partition coefficient (Wildman–Crippen LogP) is -2.12. The van der Waals surface area contributed by atoms with Crippen molar-refractivity contribution in [2.45, 2.75) is 57.2 Å². The lowest BCUT2D eigenvalue weighted by atomic mass is 10.0. The molecule has 0 aromatic rings. The summed E-state index contributed by atoms with van der Waals surface area (Å²) in [6.07, 6.45) is -7.55. The molecular formula is C13H24O11. The van der Waals surface area contributed by atoms with Crippen molar-refractivity contribution in [2.24, 2.45) is 0 Å². The van der Waals surface area contributed by atoms with Crippen LogP contribution in [0.15, 0.2) is 0 Å². The number of aliphatic carboxylic acids is 3. The summed E-state index contributed by atoms with van der Waals surface area (Å²) in [6, 6.07) is 0. The summed E-state index contributed by atoms with van der Waals surface area (Å²) in [4.78, 5) is 29.7. The van der Waals surface area contributed by atoms with E-state index >= 15 is 0 Å². The Morgan fingerprint density at radius 3 is 1.67 bits per heavy atom. The zero-order chi connectivity index (χ0) is 19.4. The highest BCUT2D eigenvalue weighted by Crippen LogP contribution is 2.12. The maximum Gasteiger partial charge on any atom is 0.335 e. The lowest BCUT2D eigenvalue weighted by molar-refractivity contribution is -0.179. The van der Waals surface area contributed by atoms with Crippen molar-refractivity contribution < 1.29 is 54.9 Å². The van der Waals surface area contributed by atoms with Crippen LogP contribution < -0.4 is 0 Å². The molecule has 5 atom stereocenters. The molecule has 0 spiro atoms. The topological polar surface area (TPSA) is 202 Å². The molecule has 0 rings (SSSR count). The third-order valence-corrected chi connectivity index (χ3v) is 2.74. The van der Waals surface area contributed by atoms with Gasteiger partial charge in [0, 0.05) is 0 Å². The van der Waals surface area contributed by atoms with E-state index in [-0.39, 0.29) is 0 Å². The van der Waals surface area contributed by atoms with Crippen molar-refractivity contribution in [1.29, 1.82) is 0 Å². The van der Waals surface area contributed by atoms with E-state index in [0.29, 0.717) is 6.42 Å². The average Bonchev–Trinajstić information content (AvgIpc) is 2.48. The first-order valence-corrected chi connectivity index (χ1v) is 6.94. The minimum atomic E-state index is -1.82. The number of carboxylic acids is 3. The highest BCUT2D eigenvalue weighted by Gasteiger charge is 2.37. The minimum Gasteiger partial charge on any atom is -0.481 e. The highest BCUT2D eigenvalue weighted by molar-refractivity contribution is 5.88. The van der Waals surface area contributed by atoms with E-state index in [4.69, 9.17) is 30.3 Å². The standard InChI is InChI=1S/C10H20O7.C3H4O4/c1-3-5(2)17-9(10(15)16)8(14)7(13)6(12)4-11;4-2(5)1-3(6)7/h5-9,11-14H,3-4H2,1-2H3,(H,15,16);1H2,(H,4,5)(H,6,7)/t5?,6-,7-,8+,9-;/m1./s1. The number of hydrogen-bond acceptors (Lipinski definition) is 8. The fraction of sp³-hybridized carbons (Fsp3) is 0.769. The Kier molecular flexibility index (Phi) is 12.9. The summed E-state index contributed by atoms with van der Waals surface area (Å²) in [6.45, 7) is 2.61. The molecule has 0 heterocycles. The maximum absolute atomic E-state index is 10.9. The van der Waals surface area contributed by atoms with Gasteiger partial charge < -0.3 is 40.5 Å². The molecular weight excluding hydrogens is 332 g/mol. The molecule has 11 nitrogen and oxygen atoms in total. The smallest absolute Gasteiger partial charge is 0.335 e. The van der Waals surface area contributed by atoms with E-state index in [9.17, 15) is 24.6 Å². The molecule has 24 heavy (non-hydrogen) atoms. The quantitative estimate of drug-likeness (QED) is 0.211. The maximum atomic E-state index is 10.9. The van der Waals surface area contributed by atoms with E-state index in [0.717, 1.165) is 0 Å². The first-order chi connectivity index (χ1) is 11.0. The van der Waals surface area contributed by atoms with Gasteiger partial charge in [-0.2, -0.15) is 0 Å². The Hall–Kier alpha value is -1.79. The Bertz CT molecular complexity index is 385. The summed E-state index contributed by atoms with van der Waals surface area (Å²) in [5.41, 5.74) is 0. The highest BCUT2D eigenvalue weighted by atomic mass is 16.5. The number of ether oxygens (including phenoxy) is 1. The van der Waals surface area contributed by atoms with Crippen molar-refractivity contribution in [2.75, 3.05) is 6.61 Å². The van der Waals surface area contributed by atoms with Gasteiger partial charge in [0.05, 0.1) is 12.7 Å².